The van der Waals surface area contributed by atoms with Crippen LogP contribution in [-0.4, -0.2) is 67.9 Å². The lowest BCUT2D eigenvalue weighted by molar-refractivity contribution is -0.139. The standard InChI is InChI=1S/C10H19ClN2O3/c1-8(11)10(15)13(5-6-16-4)7-9(14)12(2)3/h8H,5-7H2,1-4H3. The Morgan fingerprint density at radius 1 is 1.38 bits per heavy atom. The number of alkyl halides is 1. The molecule has 0 fully saturated rings. The van der Waals surface area contributed by atoms with Crippen molar-refractivity contribution in [2.24, 2.45) is 0 Å². The monoisotopic (exact) mass is 250 g/mol. The van der Waals surface area contributed by atoms with Gasteiger partial charge in [-0.2, -0.15) is 0 Å². The predicted octanol–water partition coefficient (Wildman–Crippen LogP) is 0.177. The fraction of sp³-hybridized carbons (Fsp3) is 0.800. The summed E-state index contributed by atoms with van der Waals surface area (Å²) in [6, 6.07) is 0. The molecule has 6 heteroatoms. The molecule has 94 valence electrons. The molecular weight excluding hydrogens is 232 g/mol. The average Bonchev–Trinajstić information content (AvgIpc) is 2.22. The minimum atomic E-state index is -0.633. The summed E-state index contributed by atoms with van der Waals surface area (Å²) < 4.78 is 4.88. The van der Waals surface area contributed by atoms with Crippen LogP contribution in [0, 0.1) is 0 Å². The Balaban J connectivity index is 4.42. The highest BCUT2D eigenvalue weighted by Gasteiger charge is 2.21. The summed E-state index contributed by atoms with van der Waals surface area (Å²) in [6.07, 6.45) is 0. The second-order valence-electron chi connectivity index (χ2n) is 3.66. The maximum absolute atomic E-state index is 11.7. The Bertz CT molecular complexity index is 244. The molecule has 5 nitrogen and oxygen atoms in total. The van der Waals surface area contributed by atoms with Gasteiger partial charge in [0.15, 0.2) is 0 Å². The van der Waals surface area contributed by atoms with Crippen molar-refractivity contribution in [3.63, 3.8) is 0 Å². The third kappa shape index (κ3) is 5.32. The number of carbonyl (C=O) groups is 2. The van der Waals surface area contributed by atoms with Crippen LogP contribution in [0.15, 0.2) is 0 Å². The summed E-state index contributed by atoms with van der Waals surface area (Å²) in [4.78, 5) is 26.0. The number of rotatable bonds is 6. The third-order valence-corrected chi connectivity index (χ3v) is 2.23. The number of amides is 2. The third-order valence-electron chi connectivity index (χ3n) is 2.04. The van der Waals surface area contributed by atoms with Gasteiger partial charge in [0.25, 0.3) is 0 Å². The molecule has 2 amide bonds. The fourth-order valence-electron chi connectivity index (χ4n) is 1.02. The second kappa shape index (κ2) is 7.46. The molecule has 0 radical (unpaired) electrons. The summed E-state index contributed by atoms with van der Waals surface area (Å²) in [5.74, 6) is -0.393. The maximum atomic E-state index is 11.7. The maximum Gasteiger partial charge on any atom is 0.241 e. The zero-order chi connectivity index (χ0) is 12.7. The molecule has 0 aromatic heterocycles. The number of halogens is 1. The first-order chi connectivity index (χ1) is 7.40. The van der Waals surface area contributed by atoms with E-state index in [1.54, 1.807) is 28.1 Å². The minimum Gasteiger partial charge on any atom is -0.383 e. The molecule has 0 heterocycles. The van der Waals surface area contributed by atoms with E-state index in [1.807, 2.05) is 0 Å². The van der Waals surface area contributed by atoms with Crippen molar-refractivity contribution >= 4 is 23.4 Å². The Morgan fingerprint density at radius 3 is 2.31 bits per heavy atom. The molecule has 0 N–H and O–H groups in total. The van der Waals surface area contributed by atoms with E-state index in [4.69, 9.17) is 16.3 Å². The SMILES string of the molecule is COCCN(CC(=O)N(C)C)C(=O)C(C)Cl. The smallest absolute Gasteiger partial charge is 0.241 e. The molecule has 0 spiro atoms. The lowest BCUT2D eigenvalue weighted by atomic mass is 10.3. The van der Waals surface area contributed by atoms with Crippen molar-refractivity contribution in [2.45, 2.75) is 12.3 Å². The van der Waals surface area contributed by atoms with Gasteiger partial charge in [-0.25, -0.2) is 0 Å². The molecule has 0 aromatic rings. The van der Waals surface area contributed by atoms with Crippen molar-refractivity contribution in [3.05, 3.63) is 0 Å². The number of methoxy groups -OCH3 is 1. The molecule has 0 aliphatic heterocycles. The van der Waals surface area contributed by atoms with Crippen LogP contribution in [0.5, 0.6) is 0 Å². The van der Waals surface area contributed by atoms with Crippen LogP contribution in [0.1, 0.15) is 6.92 Å². The van der Waals surface area contributed by atoms with Crippen LogP contribution in [-0.2, 0) is 14.3 Å². The number of hydrogen-bond donors (Lipinski definition) is 0. The van der Waals surface area contributed by atoms with Crippen LogP contribution in [0.3, 0.4) is 0 Å². The van der Waals surface area contributed by atoms with Gasteiger partial charge in [-0.05, 0) is 6.92 Å². The molecule has 0 aromatic carbocycles. The molecule has 16 heavy (non-hydrogen) atoms. The highest BCUT2D eigenvalue weighted by atomic mass is 35.5. The molecule has 0 aliphatic carbocycles. The van der Waals surface area contributed by atoms with Gasteiger partial charge in [0, 0.05) is 27.7 Å². The van der Waals surface area contributed by atoms with Crippen molar-refractivity contribution in [2.75, 3.05) is 40.9 Å². The Morgan fingerprint density at radius 2 is 1.94 bits per heavy atom. The Hall–Kier alpha value is -0.810. The van der Waals surface area contributed by atoms with Gasteiger partial charge in [-0.1, -0.05) is 0 Å². The van der Waals surface area contributed by atoms with Gasteiger partial charge in [-0.15, -0.1) is 11.6 Å². The summed E-state index contributed by atoms with van der Waals surface area (Å²) in [5.41, 5.74) is 0. The number of nitrogens with zero attached hydrogens (tertiary/aromatic N) is 2. The van der Waals surface area contributed by atoms with Crippen LogP contribution in [0.2, 0.25) is 0 Å². The zero-order valence-electron chi connectivity index (χ0n) is 10.2. The van der Waals surface area contributed by atoms with Crippen LogP contribution < -0.4 is 0 Å². The van der Waals surface area contributed by atoms with E-state index < -0.39 is 5.38 Å². The summed E-state index contributed by atoms with van der Waals surface area (Å²) >= 11 is 5.71. The van der Waals surface area contributed by atoms with Crippen LogP contribution in [0.4, 0.5) is 0 Å². The molecule has 0 bridgehead atoms. The largest absolute Gasteiger partial charge is 0.383 e. The van der Waals surface area contributed by atoms with E-state index in [1.165, 1.54) is 9.80 Å². The average molecular weight is 251 g/mol. The molecule has 1 unspecified atom stereocenters. The lowest BCUT2D eigenvalue weighted by Crippen LogP contribution is -2.44. The molecule has 0 aliphatic rings. The van der Waals surface area contributed by atoms with E-state index in [0.717, 1.165) is 0 Å². The molecular formula is C10H19ClN2O3. The molecule has 1 atom stereocenters. The van der Waals surface area contributed by atoms with Gasteiger partial charge >= 0.3 is 0 Å². The first kappa shape index (κ1) is 15.2. The highest BCUT2D eigenvalue weighted by Crippen LogP contribution is 2.02. The van der Waals surface area contributed by atoms with E-state index in [0.29, 0.717) is 13.2 Å². The quantitative estimate of drug-likeness (QED) is 0.632. The Labute approximate surface area is 101 Å². The van der Waals surface area contributed by atoms with Gasteiger partial charge < -0.3 is 14.5 Å². The topological polar surface area (TPSA) is 49.9 Å². The van der Waals surface area contributed by atoms with E-state index >= 15 is 0 Å². The van der Waals surface area contributed by atoms with Crippen LogP contribution in [0.25, 0.3) is 0 Å². The van der Waals surface area contributed by atoms with Gasteiger partial charge in [0.05, 0.1) is 13.2 Å². The van der Waals surface area contributed by atoms with Gasteiger partial charge in [0.1, 0.15) is 5.38 Å². The minimum absolute atomic E-state index is 0.0340. The van der Waals surface area contributed by atoms with Gasteiger partial charge in [-0.3, -0.25) is 9.59 Å². The molecule has 0 rings (SSSR count). The Kier molecular flexibility index (Phi) is 7.08. The highest BCUT2D eigenvalue weighted by molar-refractivity contribution is 6.30. The number of likely N-dealkylation sites (N-methyl/N-ethyl adjacent to an activating group) is 1. The summed E-state index contributed by atoms with van der Waals surface area (Å²) in [5, 5.41) is -0.633. The number of ether oxygens (including phenoxy) is 1. The van der Waals surface area contributed by atoms with E-state index in [9.17, 15) is 9.59 Å². The summed E-state index contributed by atoms with van der Waals surface area (Å²) in [6.45, 7) is 2.37. The molecule has 0 saturated heterocycles. The fourth-order valence-corrected chi connectivity index (χ4v) is 1.16. The van der Waals surface area contributed by atoms with Crippen molar-refractivity contribution in [1.82, 2.24) is 9.80 Å². The first-order valence-corrected chi connectivity index (χ1v) is 5.45. The van der Waals surface area contributed by atoms with Crippen molar-refractivity contribution < 1.29 is 14.3 Å². The predicted molar refractivity (Wildman–Crippen MR) is 62.5 cm³/mol. The van der Waals surface area contributed by atoms with Crippen LogP contribution >= 0.6 is 11.6 Å². The van der Waals surface area contributed by atoms with Crippen molar-refractivity contribution in [3.8, 4) is 0 Å². The lowest BCUT2D eigenvalue weighted by Gasteiger charge is -2.24. The number of hydrogen-bond acceptors (Lipinski definition) is 3. The molecule has 0 saturated carbocycles. The van der Waals surface area contributed by atoms with E-state index in [2.05, 4.69) is 0 Å². The van der Waals surface area contributed by atoms with E-state index in [-0.39, 0.29) is 18.4 Å². The normalized spacial score (nSPS) is 12.1. The second-order valence-corrected chi connectivity index (χ2v) is 4.31. The van der Waals surface area contributed by atoms with Crippen molar-refractivity contribution in [1.29, 1.82) is 0 Å². The van der Waals surface area contributed by atoms with Gasteiger partial charge in [0.2, 0.25) is 11.8 Å². The zero-order valence-corrected chi connectivity index (χ0v) is 11.0. The summed E-state index contributed by atoms with van der Waals surface area (Å²) in [7, 11) is 4.83. The first-order valence-electron chi connectivity index (χ1n) is 5.02. The number of carbonyl (C=O) groups excluding carboxylic acids is 2.